The van der Waals surface area contributed by atoms with Crippen molar-refractivity contribution in [2.24, 2.45) is 5.10 Å². The molecule has 8 nitrogen and oxygen atoms in total. The van der Waals surface area contributed by atoms with Crippen LogP contribution in [-0.4, -0.2) is 31.1 Å². The average molecular weight is 531 g/mol. The van der Waals surface area contributed by atoms with Gasteiger partial charge < -0.3 is 14.8 Å². The van der Waals surface area contributed by atoms with E-state index in [0.717, 1.165) is 4.47 Å². The van der Waals surface area contributed by atoms with Crippen LogP contribution < -0.4 is 20.2 Å². The van der Waals surface area contributed by atoms with Gasteiger partial charge in [0.15, 0.2) is 11.5 Å². The number of hydrogen-bond acceptors (Lipinski definition) is 6. The molecule has 10 heteroatoms. The number of nitrogens with zero attached hydrogens (tertiary/aromatic N) is 1. The number of carbonyl (C=O) groups excluding carboxylic acids is 3. The predicted molar refractivity (Wildman–Crippen MR) is 128 cm³/mol. The number of amides is 2. The molecular weight excluding hydrogens is 514 g/mol. The van der Waals surface area contributed by atoms with E-state index < -0.39 is 17.8 Å². The van der Waals surface area contributed by atoms with Crippen LogP contribution in [-0.2, 0) is 9.59 Å². The first-order valence-electron chi connectivity index (χ1n) is 9.42. The van der Waals surface area contributed by atoms with Gasteiger partial charge in [-0.1, -0.05) is 39.7 Å². The molecule has 3 aromatic carbocycles. The SMILES string of the molecule is COc1cc(/C=N\NC(=O)C(=O)Nc2ccc(Br)cc2)ccc1OC(=O)c1ccccc1Cl. The molecule has 0 saturated carbocycles. The zero-order chi connectivity index (χ0) is 23.8. The highest BCUT2D eigenvalue weighted by molar-refractivity contribution is 9.10. The summed E-state index contributed by atoms with van der Waals surface area (Å²) in [7, 11) is 1.41. The topological polar surface area (TPSA) is 106 Å². The molecule has 0 spiro atoms. The van der Waals surface area contributed by atoms with Crippen LogP contribution in [0.15, 0.2) is 76.3 Å². The lowest BCUT2D eigenvalue weighted by atomic mass is 10.2. The third-order valence-corrected chi connectivity index (χ3v) is 5.03. The van der Waals surface area contributed by atoms with Crippen molar-refractivity contribution in [2.75, 3.05) is 12.4 Å². The van der Waals surface area contributed by atoms with Crippen LogP contribution in [0.3, 0.4) is 0 Å². The zero-order valence-electron chi connectivity index (χ0n) is 17.2. The van der Waals surface area contributed by atoms with Crippen LogP contribution in [0.5, 0.6) is 11.5 Å². The van der Waals surface area contributed by atoms with Gasteiger partial charge in [0.05, 0.1) is 23.9 Å². The molecule has 0 bridgehead atoms. The molecule has 3 aromatic rings. The molecular formula is C23H17BrClN3O5. The number of nitrogens with one attached hydrogen (secondary N) is 2. The second kappa shape index (κ2) is 11.3. The van der Waals surface area contributed by atoms with Crippen molar-refractivity contribution in [1.29, 1.82) is 0 Å². The lowest BCUT2D eigenvalue weighted by Gasteiger charge is -2.10. The Balaban J connectivity index is 1.61. The van der Waals surface area contributed by atoms with E-state index in [1.807, 2.05) is 0 Å². The second-order valence-corrected chi connectivity index (χ2v) is 7.76. The van der Waals surface area contributed by atoms with Gasteiger partial charge in [-0.15, -0.1) is 0 Å². The summed E-state index contributed by atoms with van der Waals surface area (Å²) < 4.78 is 11.5. The molecule has 0 saturated heterocycles. The summed E-state index contributed by atoms with van der Waals surface area (Å²) in [5.41, 5.74) is 3.35. The fourth-order valence-electron chi connectivity index (χ4n) is 2.57. The number of halogens is 2. The standard InChI is InChI=1S/C23H17BrClN3O5/c1-32-20-12-14(6-11-19(20)33-23(31)17-4-2-3-5-18(17)25)13-26-28-22(30)21(29)27-16-9-7-15(24)8-10-16/h2-13H,1H3,(H,27,29)(H,28,30)/b26-13-. The van der Waals surface area contributed by atoms with Gasteiger partial charge >= 0.3 is 17.8 Å². The Morgan fingerprint density at radius 2 is 1.70 bits per heavy atom. The van der Waals surface area contributed by atoms with Gasteiger partial charge in [-0.2, -0.15) is 5.10 Å². The van der Waals surface area contributed by atoms with E-state index in [2.05, 4.69) is 31.8 Å². The van der Waals surface area contributed by atoms with Crippen LogP contribution in [0.1, 0.15) is 15.9 Å². The molecule has 0 aliphatic rings. The minimum atomic E-state index is -0.938. The maximum atomic E-state index is 12.4. The first kappa shape index (κ1) is 24.0. The molecule has 0 atom stereocenters. The molecule has 0 aliphatic heterocycles. The molecule has 0 fully saturated rings. The second-order valence-electron chi connectivity index (χ2n) is 6.44. The monoisotopic (exact) mass is 529 g/mol. The van der Waals surface area contributed by atoms with E-state index in [1.54, 1.807) is 60.7 Å². The number of hydrazone groups is 1. The fourth-order valence-corrected chi connectivity index (χ4v) is 3.04. The largest absolute Gasteiger partial charge is 0.493 e. The minimum absolute atomic E-state index is 0.178. The Bertz CT molecular complexity index is 1210. The van der Waals surface area contributed by atoms with Crippen molar-refractivity contribution in [3.05, 3.63) is 87.4 Å². The first-order chi connectivity index (χ1) is 15.9. The van der Waals surface area contributed by atoms with Crippen LogP contribution in [0, 0.1) is 0 Å². The van der Waals surface area contributed by atoms with E-state index in [1.165, 1.54) is 19.4 Å². The van der Waals surface area contributed by atoms with Crippen LogP contribution in [0.25, 0.3) is 0 Å². The van der Waals surface area contributed by atoms with Gasteiger partial charge in [-0.3, -0.25) is 9.59 Å². The molecule has 2 N–H and O–H groups in total. The van der Waals surface area contributed by atoms with Crippen molar-refractivity contribution in [3.63, 3.8) is 0 Å². The number of benzene rings is 3. The van der Waals surface area contributed by atoms with Crippen molar-refractivity contribution in [3.8, 4) is 11.5 Å². The van der Waals surface area contributed by atoms with Gasteiger partial charge in [0.2, 0.25) is 0 Å². The quantitative estimate of drug-likeness (QED) is 0.161. The van der Waals surface area contributed by atoms with E-state index in [4.69, 9.17) is 21.1 Å². The minimum Gasteiger partial charge on any atom is -0.493 e. The molecule has 33 heavy (non-hydrogen) atoms. The highest BCUT2D eigenvalue weighted by Gasteiger charge is 2.16. The average Bonchev–Trinajstić information content (AvgIpc) is 2.81. The summed E-state index contributed by atoms with van der Waals surface area (Å²) in [6.45, 7) is 0. The summed E-state index contributed by atoms with van der Waals surface area (Å²) in [4.78, 5) is 36.2. The van der Waals surface area contributed by atoms with Crippen molar-refractivity contribution >= 4 is 57.2 Å². The molecule has 0 radical (unpaired) electrons. The summed E-state index contributed by atoms with van der Waals surface area (Å²) in [5.74, 6) is -2.00. The third kappa shape index (κ3) is 6.64. The summed E-state index contributed by atoms with van der Waals surface area (Å²) in [6, 6.07) is 17.9. The van der Waals surface area contributed by atoms with Gasteiger partial charge in [-0.05, 0) is 60.2 Å². The van der Waals surface area contributed by atoms with E-state index >= 15 is 0 Å². The molecule has 2 amide bonds. The molecule has 3 rings (SSSR count). The summed E-state index contributed by atoms with van der Waals surface area (Å²) >= 11 is 9.31. The van der Waals surface area contributed by atoms with Crippen molar-refractivity contribution < 1.29 is 23.9 Å². The van der Waals surface area contributed by atoms with Crippen LogP contribution in [0.4, 0.5) is 5.69 Å². The number of rotatable bonds is 6. The smallest absolute Gasteiger partial charge is 0.345 e. The lowest BCUT2D eigenvalue weighted by Crippen LogP contribution is -2.32. The number of hydrogen-bond donors (Lipinski definition) is 2. The normalized spacial score (nSPS) is 10.5. The number of esters is 1. The number of anilines is 1. The summed E-state index contributed by atoms with van der Waals surface area (Å²) in [5, 5.41) is 6.49. The number of carbonyl (C=O) groups is 3. The molecule has 0 heterocycles. The lowest BCUT2D eigenvalue weighted by molar-refractivity contribution is -0.136. The van der Waals surface area contributed by atoms with Gasteiger partial charge in [0.1, 0.15) is 0 Å². The Hall–Kier alpha value is -3.69. The first-order valence-corrected chi connectivity index (χ1v) is 10.6. The molecule has 0 aromatic heterocycles. The maximum absolute atomic E-state index is 12.4. The van der Waals surface area contributed by atoms with Crippen LogP contribution in [0.2, 0.25) is 5.02 Å². The number of ether oxygens (including phenoxy) is 2. The zero-order valence-corrected chi connectivity index (χ0v) is 19.5. The third-order valence-electron chi connectivity index (χ3n) is 4.17. The Morgan fingerprint density at radius 1 is 0.970 bits per heavy atom. The van der Waals surface area contributed by atoms with E-state index in [9.17, 15) is 14.4 Å². The Morgan fingerprint density at radius 3 is 2.39 bits per heavy atom. The van der Waals surface area contributed by atoms with Gasteiger partial charge in [-0.25, -0.2) is 10.2 Å². The Kier molecular flexibility index (Phi) is 8.17. The van der Waals surface area contributed by atoms with Crippen molar-refractivity contribution in [1.82, 2.24) is 5.43 Å². The maximum Gasteiger partial charge on any atom is 0.345 e. The summed E-state index contributed by atoms with van der Waals surface area (Å²) in [6.07, 6.45) is 1.31. The highest BCUT2D eigenvalue weighted by Crippen LogP contribution is 2.29. The van der Waals surface area contributed by atoms with Crippen LogP contribution >= 0.6 is 27.5 Å². The highest BCUT2D eigenvalue weighted by atomic mass is 79.9. The fraction of sp³-hybridized carbons (Fsp3) is 0.0435. The van der Waals surface area contributed by atoms with E-state index in [-0.39, 0.29) is 22.1 Å². The molecule has 168 valence electrons. The molecule has 0 unspecified atom stereocenters. The van der Waals surface area contributed by atoms with E-state index in [0.29, 0.717) is 11.3 Å². The van der Waals surface area contributed by atoms with Gasteiger partial charge in [0, 0.05) is 10.2 Å². The van der Waals surface area contributed by atoms with Gasteiger partial charge in [0.25, 0.3) is 0 Å². The van der Waals surface area contributed by atoms with Crippen molar-refractivity contribution in [2.45, 2.75) is 0 Å². The molecule has 0 aliphatic carbocycles. The Labute approximate surface area is 202 Å². The predicted octanol–water partition coefficient (Wildman–Crippen LogP) is 4.42. The number of methoxy groups -OCH3 is 1.